The summed E-state index contributed by atoms with van der Waals surface area (Å²) < 4.78 is 10.0. The normalized spacial score (nSPS) is 41.4. The molecule has 0 unspecified atom stereocenters. The van der Waals surface area contributed by atoms with E-state index in [-0.39, 0.29) is 18.6 Å². The minimum atomic E-state index is -1.86. The summed E-state index contributed by atoms with van der Waals surface area (Å²) in [4.78, 5) is 36.0. The number of carbonyl (C=O) groups excluding carboxylic acids is 3. The number of ether oxygens (including phenoxy) is 2. The zero-order valence-electron chi connectivity index (χ0n) is 14.0. The fourth-order valence-electron chi connectivity index (χ4n) is 4.25. The fourth-order valence-corrected chi connectivity index (χ4v) is 4.25. The van der Waals surface area contributed by atoms with Crippen molar-refractivity contribution in [3.8, 4) is 0 Å². The van der Waals surface area contributed by atoms with Gasteiger partial charge >= 0.3 is 11.9 Å². The Morgan fingerprint density at radius 2 is 1.96 bits per heavy atom. The summed E-state index contributed by atoms with van der Waals surface area (Å²) in [5, 5.41) is 21.6. The predicted octanol–water partition coefficient (Wildman–Crippen LogP) is 0.745. The summed E-state index contributed by atoms with van der Waals surface area (Å²) in [6.45, 7) is 5.82. The zero-order valence-corrected chi connectivity index (χ0v) is 14.0. The minimum absolute atomic E-state index is 0.132. The van der Waals surface area contributed by atoms with Crippen molar-refractivity contribution in [3.63, 3.8) is 0 Å². The van der Waals surface area contributed by atoms with Crippen molar-refractivity contribution in [2.24, 2.45) is 11.3 Å². The number of ketones is 1. The third kappa shape index (κ3) is 2.15. The summed E-state index contributed by atoms with van der Waals surface area (Å²) in [6.07, 6.45) is 1.17. The van der Waals surface area contributed by atoms with Crippen LogP contribution in [0.1, 0.15) is 40.5 Å². The Morgan fingerprint density at radius 3 is 2.54 bits per heavy atom. The average molecular weight is 336 g/mol. The molecule has 1 aliphatic heterocycles. The largest absolute Gasteiger partial charge is 0.426 e. The molecule has 2 N–H and O–H groups in total. The van der Waals surface area contributed by atoms with Crippen molar-refractivity contribution in [3.05, 3.63) is 23.0 Å². The van der Waals surface area contributed by atoms with E-state index in [0.29, 0.717) is 11.1 Å². The first-order valence-corrected chi connectivity index (χ1v) is 7.75. The third-order valence-electron chi connectivity index (χ3n) is 5.40. The molecule has 2 aliphatic carbocycles. The Labute approximate surface area is 138 Å². The molecule has 3 aliphatic rings. The number of hydrogen-bond acceptors (Lipinski definition) is 7. The van der Waals surface area contributed by atoms with Crippen LogP contribution in [-0.4, -0.2) is 39.3 Å². The number of esters is 2. The van der Waals surface area contributed by atoms with E-state index in [1.165, 1.54) is 13.0 Å². The van der Waals surface area contributed by atoms with Crippen LogP contribution in [0.15, 0.2) is 23.0 Å². The summed E-state index contributed by atoms with van der Waals surface area (Å²) in [7, 11) is 0. The first-order chi connectivity index (χ1) is 10.9. The van der Waals surface area contributed by atoms with E-state index < -0.39 is 40.4 Å². The molecule has 1 saturated carbocycles. The Morgan fingerprint density at radius 1 is 1.33 bits per heavy atom. The van der Waals surface area contributed by atoms with Crippen LogP contribution < -0.4 is 0 Å². The molecule has 0 aromatic rings. The predicted molar refractivity (Wildman–Crippen MR) is 80.1 cm³/mol. The third-order valence-corrected chi connectivity index (χ3v) is 5.40. The van der Waals surface area contributed by atoms with E-state index in [1.54, 1.807) is 13.8 Å². The molecule has 0 saturated heterocycles. The van der Waals surface area contributed by atoms with Crippen LogP contribution in [-0.2, 0) is 23.9 Å². The molecule has 24 heavy (non-hydrogen) atoms. The first-order valence-electron chi connectivity index (χ1n) is 7.75. The number of carbonyl (C=O) groups is 3. The van der Waals surface area contributed by atoms with E-state index in [2.05, 4.69) is 0 Å². The van der Waals surface area contributed by atoms with Gasteiger partial charge in [-0.15, -0.1) is 0 Å². The molecule has 1 fully saturated rings. The number of aliphatic hydroxyl groups is 2. The monoisotopic (exact) mass is 336 g/mol. The van der Waals surface area contributed by atoms with Crippen molar-refractivity contribution in [2.45, 2.75) is 51.9 Å². The van der Waals surface area contributed by atoms with Crippen molar-refractivity contribution in [1.82, 2.24) is 0 Å². The van der Waals surface area contributed by atoms with E-state index in [1.807, 2.05) is 0 Å². The Kier molecular flexibility index (Phi) is 3.35. The average Bonchev–Trinajstić information content (AvgIpc) is 2.63. The van der Waals surface area contributed by atoms with Crippen LogP contribution in [0.5, 0.6) is 0 Å². The van der Waals surface area contributed by atoms with E-state index >= 15 is 0 Å². The maximum Gasteiger partial charge on any atom is 0.336 e. The standard InChI is InChI=1S/C17H20O7/c1-8-10-5-12-15(3,7-17(10,22)24-14(8)20)13(19)11(23-9(2)18)6-16(12,4)21/h6,12,21-22H,5,7H2,1-4H3/t12-,15-,16-,17+/m1/s1. The second-order valence-corrected chi connectivity index (χ2v) is 7.29. The lowest BCUT2D eigenvalue weighted by Crippen LogP contribution is -2.59. The Bertz CT molecular complexity index is 729. The van der Waals surface area contributed by atoms with Crippen LogP contribution >= 0.6 is 0 Å². The quantitative estimate of drug-likeness (QED) is 0.680. The van der Waals surface area contributed by atoms with Crippen LogP contribution in [0.3, 0.4) is 0 Å². The molecule has 130 valence electrons. The van der Waals surface area contributed by atoms with Gasteiger partial charge < -0.3 is 19.7 Å². The second-order valence-electron chi connectivity index (χ2n) is 7.29. The van der Waals surface area contributed by atoms with Gasteiger partial charge in [-0.2, -0.15) is 0 Å². The Hall–Kier alpha value is -1.99. The maximum atomic E-state index is 12.9. The molecule has 7 nitrogen and oxygen atoms in total. The maximum absolute atomic E-state index is 12.9. The molecule has 1 heterocycles. The van der Waals surface area contributed by atoms with Crippen molar-refractivity contribution in [1.29, 1.82) is 0 Å². The number of fused-ring (bicyclic) bond motifs is 2. The summed E-state index contributed by atoms with van der Waals surface area (Å²) in [5.74, 6) is -4.50. The molecule has 0 bridgehead atoms. The van der Waals surface area contributed by atoms with Crippen LogP contribution in [0, 0.1) is 11.3 Å². The molecule has 0 aromatic carbocycles. The highest BCUT2D eigenvalue weighted by Gasteiger charge is 2.64. The number of Topliss-reactive ketones (excluding diaryl/α,β-unsaturated/α-hetero) is 1. The number of rotatable bonds is 1. The first kappa shape index (κ1) is 16.9. The Balaban J connectivity index is 2.11. The molecule has 4 atom stereocenters. The van der Waals surface area contributed by atoms with E-state index in [4.69, 9.17) is 9.47 Å². The highest BCUT2D eigenvalue weighted by molar-refractivity contribution is 6.02. The number of hydrogen-bond donors (Lipinski definition) is 2. The van der Waals surface area contributed by atoms with Gasteiger partial charge in [0.05, 0.1) is 5.60 Å². The van der Waals surface area contributed by atoms with Crippen molar-refractivity contribution >= 4 is 17.7 Å². The lowest BCUT2D eigenvalue weighted by atomic mass is 9.54. The molecule has 0 amide bonds. The second kappa shape index (κ2) is 4.77. The van der Waals surface area contributed by atoms with Gasteiger partial charge in [0, 0.05) is 35.8 Å². The van der Waals surface area contributed by atoms with E-state index in [9.17, 15) is 24.6 Å². The minimum Gasteiger partial charge on any atom is -0.426 e. The molecule has 0 spiro atoms. The molecular formula is C17H20O7. The van der Waals surface area contributed by atoms with Gasteiger partial charge in [0.25, 0.3) is 0 Å². The topological polar surface area (TPSA) is 110 Å². The lowest BCUT2D eigenvalue weighted by Gasteiger charge is -2.52. The summed E-state index contributed by atoms with van der Waals surface area (Å²) in [5.41, 5.74) is -2.00. The van der Waals surface area contributed by atoms with Crippen LogP contribution in [0.25, 0.3) is 0 Å². The van der Waals surface area contributed by atoms with Crippen LogP contribution in [0.2, 0.25) is 0 Å². The van der Waals surface area contributed by atoms with Gasteiger partial charge in [0.15, 0.2) is 5.76 Å². The molecule has 7 heteroatoms. The van der Waals surface area contributed by atoms with Gasteiger partial charge in [-0.05, 0) is 26.3 Å². The van der Waals surface area contributed by atoms with Gasteiger partial charge in [-0.3, -0.25) is 9.59 Å². The van der Waals surface area contributed by atoms with Gasteiger partial charge in [0.1, 0.15) is 0 Å². The summed E-state index contributed by atoms with van der Waals surface area (Å²) >= 11 is 0. The lowest BCUT2D eigenvalue weighted by molar-refractivity contribution is -0.211. The van der Waals surface area contributed by atoms with Gasteiger partial charge in [0.2, 0.25) is 11.6 Å². The van der Waals surface area contributed by atoms with Crippen molar-refractivity contribution in [2.75, 3.05) is 0 Å². The fraction of sp³-hybridized carbons (Fsp3) is 0.588. The summed E-state index contributed by atoms with van der Waals surface area (Å²) in [6, 6.07) is 0. The molecule has 0 radical (unpaired) electrons. The molecule has 0 aromatic heterocycles. The number of allylic oxidation sites excluding steroid dienone is 1. The van der Waals surface area contributed by atoms with Crippen LogP contribution in [0.4, 0.5) is 0 Å². The highest BCUT2D eigenvalue weighted by Crippen LogP contribution is 2.58. The molecule has 3 rings (SSSR count). The highest BCUT2D eigenvalue weighted by atomic mass is 16.7. The zero-order chi connectivity index (χ0) is 18.1. The van der Waals surface area contributed by atoms with Gasteiger partial charge in [-0.25, -0.2) is 4.79 Å². The smallest absolute Gasteiger partial charge is 0.336 e. The SMILES string of the molecule is CC(=O)OC1=C[C@@](C)(O)[C@@H]2CC3=C(C)C(=O)O[C@@]3(O)C[C@@]2(C)C1=O. The molecular weight excluding hydrogens is 316 g/mol. The van der Waals surface area contributed by atoms with E-state index in [0.717, 1.165) is 6.92 Å². The van der Waals surface area contributed by atoms with Crippen molar-refractivity contribution < 1.29 is 34.1 Å². The van der Waals surface area contributed by atoms with Gasteiger partial charge in [-0.1, -0.05) is 6.92 Å².